The summed E-state index contributed by atoms with van der Waals surface area (Å²) < 4.78 is 0. The first kappa shape index (κ1) is 13.9. The first-order valence-electron chi connectivity index (χ1n) is 5.71. The van der Waals surface area contributed by atoms with Crippen LogP contribution < -0.4 is 10.2 Å². The van der Waals surface area contributed by atoms with Gasteiger partial charge in [0.15, 0.2) is 10.3 Å². The van der Waals surface area contributed by atoms with Gasteiger partial charge in [0, 0.05) is 31.5 Å². The van der Waals surface area contributed by atoms with Crippen LogP contribution in [0.3, 0.4) is 0 Å². The molecule has 0 saturated heterocycles. The predicted octanol–water partition coefficient (Wildman–Crippen LogP) is 3.90. The maximum absolute atomic E-state index is 5.97. The highest BCUT2D eigenvalue weighted by Gasteiger charge is 2.07. The van der Waals surface area contributed by atoms with Gasteiger partial charge in [0.1, 0.15) is 0 Å². The molecule has 0 aliphatic rings. The highest BCUT2D eigenvalue weighted by Crippen LogP contribution is 2.28. The zero-order valence-electron chi connectivity index (χ0n) is 10.9. The summed E-state index contributed by atoms with van der Waals surface area (Å²) in [5, 5.41) is 11.2. The lowest BCUT2D eigenvalue weighted by Crippen LogP contribution is -2.10. The Morgan fingerprint density at radius 2 is 1.84 bits per heavy atom. The molecular formula is C13H14Cl2N4. The summed E-state index contributed by atoms with van der Waals surface area (Å²) in [7, 11) is 4.01. The largest absolute Gasteiger partial charge is 0.377 e. The van der Waals surface area contributed by atoms with E-state index in [-0.39, 0.29) is 5.15 Å². The quantitative estimate of drug-likeness (QED) is 0.932. The van der Waals surface area contributed by atoms with Crippen molar-refractivity contribution in [3.63, 3.8) is 0 Å². The minimum atomic E-state index is 0.288. The van der Waals surface area contributed by atoms with Gasteiger partial charge < -0.3 is 10.2 Å². The fraction of sp³-hybridized carbons (Fsp3) is 0.231. The molecule has 0 radical (unpaired) electrons. The summed E-state index contributed by atoms with van der Waals surface area (Å²) in [6.45, 7) is 2.07. The molecule has 6 heteroatoms. The second-order valence-electron chi connectivity index (χ2n) is 4.39. The van der Waals surface area contributed by atoms with Crippen LogP contribution >= 0.6 is 23.2 Å². The van der Waals surface area contributed by atoms with Gasteiger partial charge in [0.2, 0.25) is 0 Å². The van der Waals surface area contributed by atoms with Crippen LogP contribution in [0.1, 0.15) is 5.56 Å². The average Bonchev–Trinajstić information content (AvgIpc) is 2.36. The van der Waals surface area contributed by atoms with Crippen molar-refractivity contribution in [2.75, 3.05) is 24.3 Å². The van der Waals surface area contributed by atoms with Crippen molar-refractivity contribution >= 4 is 40.3 Å². The Kier molecular flexibility index (Phi) is 4.12. The number of hydrogen-bond acceptors (Lipinski definition) is 4. The third-order valence-corrected chi connectivity index (χ3v) is 3.15. The van der Waals surface area contributed by atoms with Crippen LogP contribution in [0.15, 0.2) is 24.3 Å². The molecule has 19 heavy (non-hydrogen) atoms. The minimum Gasteiger partial charge on any atom is -0.377 e. The molecule has 0 aliphatic carbocycles. The van der Waals surface area contributed by atoms with Gasteiger partial charge in [-0.3, -0.25) is 0 Å². The zero-order chi connectivity index (χ0) is 14.0. The van der Waals surface area contributed by atoms with Crippen molar-refractivity contribution < 1.29 is 0 Å². The number of halogens is 2. The summed E-state index contributed by atoms with van der Waals surface area (Å²) in [6, 6.07) is 7.71. The first-order chi connectivity index (χ1) is 8.97. The Morgan fingerprint density at radius 1 is 1.11 bits per heavy atom. The lowest BCUT2D eigenvalue weighted by atomic mass is 10.1. The van der Waals surface area contributed by atoms with Crippen LogP contribution in [0.5, 0.6) is 0 Å². The Labute approximate surface area is 122 Å². The van der Waals surface area contributed by atoms with Gasteiger partial charge in [-0.15, -0.1) is 10.2 Å². The number of rotatable bonds is 3. The molecule has 100 valence electrons. The number of hydrogen-bond donors (Lipinski definition) is 1. The van der Waals surface area contributed by atoms with Gasteiger partial charge in [0.25, 0.3) is 0 Å². The van der Waals surface area contributed by atoms with Crippen molar-refractivity contribution in [2.24, 2.45) is 0 Å². The zero-order valence-corrected chi connectivity index (χ0v) is 12.4. The maximum atomic E-state index is 5.97. The van der Waals surface area contributed by atoms with E-state index in [0.29, 0.717) is 10.8 Å². The molecule has 0 amide bonds. The third kappa shape index (κ3) is 3.28. The highest BCUT2D eigenvalue weighted by molar-refractivity contribution is 6.33. The van der Waals surface area contributed by atoms with Crippen LogP contribution in [0.4, 0.5) is 17.1 Å². The van der Waals surface area contributed by atoms with Crippen molar-refractivity contribution in [3.8, 4) is 0 Å². The number of benzene rings is 1. The second kappa shape index (κ2) is 5.63. The van der Waals surface area contributed by atoms with E-state index >= 15 is 0 Å². The minimum absolute atomic E-state index is 0.288. The fourth-order valence-electron chi connectivity index (χ4n) is 1.77. The van der Waals surface area contributed by atoms with Gasteiger partial charge in [-0.25, -0.2) is 0 Å². The summed E-state index contributed by atoms with van der Waals surface area (Å²) in [4.78, 5) is 2.06. The van der Waals surface area contributed by atoms with Gasteiger partial charge in [0.05, 0.1) is 5.69 Å². The number of nitrogens with one attached hydrogen (secondary N) is 1. The molecule has 0 saturated carbocycles. The molecule has 0 aliphatic heterocycles. The van der Waals surface area contributed by atoms with Gasteiger partial charge in [-0.2, -0.15) is 0 Å². The van der Waals surface area contributed by atoms with Crippen molar-refractivity contribution in [1.29, 1.82) is 0 Å². The van der Waals surface area contributed by atoms with E-state index in [9.17, 15) is 0 Å². The van der Waals surface area contributed by atoms with E-state index < -0.39 is 0 Å². The van der Waals surface area contributed by atoms with E-state index in [2.05, 4.69) is 27.3 Å². The van der Waals surface area contributed by atoms with E-state index in [1.807, 2.05) is 32.3 Å². The van der Waals surface area contributed by atoms with Crippen LogP contribution in [0.2, 0.25) is 10.3 Å². The van der Waals surface area contributed by atoms with E-state index in [1.165, 1.54) is 5.56 Å². The lowest BCUT2D eigenvalue weighted by molar-refractivity contribution is 1.03. The molecule has 0 spiro atoms. The molecule has 0 fully saturated rings. The van der Waals surface area contributed by atoms with Crippen molar-refractivity contribution in [1.82, 2.24) is 10.2 Å². The Balaban J connectivity index is 2.33. The second-order valence-corrected chi connectivity index (χ2v) is 5.14. The maximum Gasteiger partial charge on any atom is 0.175 e. The van der Waals surface area contributed by atoms with Crippen LogP contribution in [0, 0.1) is 6.92 Å². The smallest absolute Gasteiger partial charge is 0.175 e. The van der Waals surface area contributed by atoms with Crippen LogP contribution in [-0.4, -0.2) is 24.3 Å². The number of aromatic nitrogens is 2. The fourth-order valence-corrected chi connectivity index (χ4v) is 2.05. The summed E-state index contributed by atoms with van der Waals surface area (Å²) in [5.74, 6) is 0. The van der Waals surface area contributed by atoms with E-state index in [0.717, 1.165) is 11.4 Å². The summed E-state index contributed by atoms with van der Waals surface area (Å²) in [5.41, 5.74) is 3.89. The molecule has 2 rings (SSSR count). The first-order valence-corrected chi connectivity index (χ1v) is 6.46. The number of anilines is 3. The number of aryl methyl sites for hydroxylation is 1. The standard InChI is InChI=1S/C13H14Cl2N4/c1-8-4-5-9(6-11(8)19(2)3)16-10-7-12(14)17-18-13(10)15/h4-7H,1-3H3,(H,16,17). The Hall–Kier alpha value is -1.52. The van der Waals surface area contributed by atoms with Crippen molar-refractivity contribution in [3.05, 3.63) is 40.1 Å². The molecule has 2 aromatic rings. The molecule has 1 N–H and O–H groups in total. The molecule has 1 aromatic carbocycles. The highest BCUT2D eigenvalue weighted by atomic mass is 35.5. The molecule has 0 atom stereocenters. The topological polar surface area (TPSA) is 41.1 Å². The molecule has 0 unspecified atom stereocenters. The molecule has 1 heterocycles. The Bertz CT molecular complexity index is 599. The SMILES string of the molecule is Cc1ccc(Nc2cc(Cl)nnc2Cl)cc1N(C)C. The van der Waals surface area contributed by atoms with Crippen LogP contribution in [-0.2, 0) is 0 Å². The van der Waals surface area contributed by atoms with Gasteiger partial charge >= 0.3 is 0 Å². The third-order valence-electron chi connectivity index (χ3n) is 2.69. The normalized spacial score (nSPS) is 10.4. The van der Waals surface area contributed by atoms with Crippen molar-refractivity contribution in [2.45, 2.75) is 6.92 Å². The number of nitrogens with zero attached hydrogens (tertiary/aromatic N) is 3. The van der Waals surface area contributed by atoms with Gasteiger partial charge in [-0.05, 0) is 24.6 Å². The Morgan fingerprint density at radius 3 is 2.53 bits per heavy atom. The lowest BCUT2D eigenvalue weighted by Gasteiger charge is -2.17. The molecular weight excluding hydrogens is 283 g/mol. The predicted molar refractivity (Wildman–Crippen MR) is 80.8 cm³/mol. The van der Waals surface area contributed by atoms with E-state index in [4.69, 9.17) is 23.2 Å². The van der Waals surface area contributed by atoms with Gasteiger partial charge in [-0.1, -0.05) is 29.3 Å². The van der Waals surface area contributed by atoms with E-state index in [1.54, 1.807) is 6.07 Å². The molecule has 4 nitrogen and oxygen atoms in total. The molecule has 0 bridgehead atoms. The summed E-state index contributed by atoms with van der Waals surface area (Å²) in [6.07, 6.45) is 0. The van der Waals surface area contributed by atoms with Crippen LogP contribution in [0.25, 0.3) is 0 Å². The monoisotopic (exact) mass is 296 g/mol. The summed E-state index contributed by atoms with van der Waals surface area (Å²) >= 11 is 11.8. The molecule has 1 aromatic heterocycles. The average molecular weight is 297 g/mol.